The van der Waals surface area contributed by atoms with Gasteiger partial charge in [0.1, 0.15) is 0 Å². The summed E-state index contributed by atoms with van der Waals surface area (Å²) in [5, 5.41) is 3.01. The number of rotatable bonds is 6. The number of benzene rings is 1. The van der Waals surface area contributed by atoms with Crippen molar-refractivity contribution < 1.29 is 13.7 Å². The Labute approximate surface area is 127 Å². The molecular weight excluding hydrogens is 288 g/mol. The molecule has 0 aliphatic carbocycles. The molecule has 1 unspecified atom stereocenters. The summed E-state index contributed by atoms with van der Waals surface area (Å²) in [5.74, 6) is 0.486. The largest absolute Gasteiger partial charge is 0.397 e. The molecule has 1 fully saturated rings. The molecule has 116 valence electrons. The minimum absolute atomic E-state index is 0.0862. The van der Waals surface area contributed by atoms with E-state index in [9.17, 15) is 9.00 Å². The Hall–Kier alpha value is -1.40. The Kier molecular flexibility index (Phi) is 6.20. The molecule has 0 aromatic heterocycles. The third kappa shape index (κ3) is 5.13. The molecule has 1 saturated heterocycles. The van der Waals surface area contributed by atoms with Gasteiger partial charge >= 0.3 is 0 Å². The number of hydrogen-bond acceptors (Lipinski definition) is 4. The van der Waals surface area contributed by atoms with E-state index in [4.69, 9.17) is 10.5 Å². The molecule has 1 amide bonds. The molecule has 0 radical (unpaired) electrons. The van der Waals surface area contributed by atoms with Gasteiger partial charge in [-0.15, -0.1) is 0 Å². The molecule has 21 heavy (non-hydrogen) atoms. The van der Waals surface area contributed by atoms with Crippen molar-refractivity contribution in [3.05, 3.63) is 24.3 Å². The lowest BCUT2D eigenvalue weighted by Gasteiger charge is -2.21. The maximum Gasteiger partial charge on any atom is 0.224 e. The maximum atomic E-state index is 12.1. The third-order valence-electron chi connectivity index (χ3n) is 3.52. The highest BCUT2D eigenvalue weighted by atomic mass is 32.2. The number of nitrogens with one attached hydrogen (secondary N) is 1. The van der Waals surface area contributed by atoms with Crippen LogP contribution < -0.4 is 11.1 Å². The van der Waals surface area contributed by atoms with E-state index in [2.05, 4.69) is 5.32 Å². The number of para-hydroxylation sites is 2. The van der Waals surface area contributed by atoms with Gasteiger partial charge in [-0.3, -0.25) is 9.00 Å². The van der Waals surface area contributed by atoms with Gasteiger partial charge in [-0.1, -0.05) is 12.1 Å². The second-order valence-corrected chi connectivity index (χ2v) is 6.97. The van der Waals surface area contributed by atoms with Gasteiger partial charge in [0, 0.05) is 41.4 Å². The average molecular weight is 310 g/mol. The van der Waals surface area contributed by atoms with E-state index in [0.717, 1.165) is 12.8 Å². The highest BCUT2D eigenvalue weighted by Gasteiger charge is 2.19. The van der Waals surface area contributed by atoms with Crippen molar-refractivity contribution in [1.29, 1.82) is 0 Å². The Morgan fingerprint density at radius 1 is 1.33 bits per heavy atom. The summed E-state index contributed by atoms with van der Waals surface area (Å²) in [7, 11) is -0.858. The topological polar surface area (TPSA) is 81.4 Å². The summed E-state index contributed by atoms with van der Waals surface area (Å²) in [4.78, 5) is 11.8. The highest BCUT2D eigenvalue weighted by molar-refractivity contribution is 7.85. The number of ether oxygens (including phenoxy) is 1. The van der Waals surface area contributed by atoms with Crippen LogP contribution in [0, 0.1) is 0 Å². The fourth-order valence-corrected chi connectivity index (χ4v) is 3.78. The first-order valence-corrected chi connectivity index (χ1v) is 8.64. The van der Waals surface area contributed by atoms with Crippen molar-refractivity contribution in [3.63, 3.8) is 0 Å². The van der Waals surface area contributed by atoms with Gasteiger partial charge in [0.15, 0.2) is 0 Å². The first kappa shape index (κ1) is 16.0. The quantitative estimate of drug-likeness (QED) is 0.787. The normalized spacial score (nSPS) is 17.3. The molecule has 3 N–H and O–H groups in total. The van der Waals surface area contributed by atoms with Crippen molar-refractivity contribution in [1.82, 2.24) is 0 Å². The lowest BCUT2D eigenvalue weighted by atomic mass is 10.2. The van der Waals surface area contributed by atoms with E-state index < -0.39 is 10.8 Å². The summed E-state index contributed by atoms with van der Waals surface area (Å²) < 4.78 is 17.4. The van der Waals surface area contributed by atoms with E-state index in [1.54, 1.807) is 12.1 Å². The zero-order valence-electron chi connectivity index (χ0n) is 12.0. The Bertz CT molecular complexity index is 501. The van der Waals surface area contributed by atoms with Gasteiger partial charge in [-0.2, -0.15) is 0 Å². The van der Waals surface area contributed by atoms with Crippen LogP contribution >= 0.6 is 0 Å². The van der Waals surface area contributed by atoms with Crippen molar-refractivity contribution in [3.8, 4) is 0 Å². The van der Waals surface area contributed by atoms with Crippen LogP contribution in [0.5, 0.6) is 0 Å². The Morgan fingerprint density at radius 2 is 2.05 bits per heavy atom. The van der Waals surface area contributed by atoms with Crippen molar-refractivity contribution >= 4 is 28.1 Å². The van der Waals surface area contributed by atoms with Crippen LogP contribution in [-0.2, 0) is 20.3 Å². The van der Waals surface area contributed by atoms with Crippen LogP contribution in [0.2, 0.25) is 0 Å². The number of carbonyl (C=O) groups excluding carboxylic acids is 1. The summed E-state index contributed by atoms with van der Waals surface area (Å²) in [6.07, 6.45) is 2.71. The Balaban J connectivity index is 1.69. The van der Waals surface area contributed by atoms with Gasteiger partial charge in [-0.25, -0.2) is 0 Å². The van der Waals surface area contributed by atoms with Crippen LogP contribution in [-0.4, -0.2) is 34.3 Å². The molecule has 1 aliphatic rings. The number of nitrogens with two attached hydrogens (primary N) is 1. The van der Waals surface area contributed by atoms with Crippen molar-refractivity contribution in [2.24, 2.45) is 0 Å². The molecule has 2 rings (SSSR count). The number of anilines is 2. The second kappa shape index (κ2) is 8.14. The van der Waals surface area contributed by atoms with Gasteiger partial charge in [0.05, 0.1) is 11.4 Å². The van der Waals surface area contributed by atoms with Crippen LogP contribution in [0.1, 0.15) is 25.7 Å². The monoisotopic (exact) mass is 310 g/mol. The molecule has 0 saturated carbocycles. The first-order valence-electron chi connectivity index (χ1n) is 7.26. The van der Waals surface area contributed by atoms with Crippen LogP contribution in [0.15, 0.2) is 24.3 Å². The number of carbonyl (C=O) groups is 1. The van der Waals surface area contributed by atoms with Crippen LogP contribution in [0.4, 0.5) is 11.4 Å². The third-order valence-corrected chi connectivity index (χ3v) is 5.43. The lowest BCUT2D eigenvalue weighted by molar-refractivity contribution is -0.116. The van der Waals surface area contributed by atoms with Crippen LogP contribution in [0.3, 0.4) is 0 Å². The molecule has 0 spiro atoms. The number of nitrogen functional groups attached to an aromatic ring is 1. The summed E-state index contributed by atoms with van der Waals surface area (Å²) in [6, 6.07) is 7.16. The molecule has 5 nitrogen and oxygen atoms in total. The predicted octanol–water partition coefficient (Wildman–Crippen LogP) is 1.92. The van der Waals surface area contributed by atoms with Gasteiger partial charge in [0.2, 0.25) is 5.91 Å². The fraction of sp³-hybridized carbons (Fsp3) is 0.533. The predicted molar refractivity (Wildman–Crippen MR) is 85.6 cm³/mol. The summed E-state index contributed by atoms with van der Waals surface area (Å²) in [5.41, 5.74) is 6.95. The SMILES string of the molecule is Nc1ccccc1NC(=O)CCCS(=O)C1CCOCC1. The van der Waals surface area contributed by atoms with E-state index in [0.29, 0.717) is 43.2 Å². The van der Waals surface area contributed by atoms with E-state index in [-0.39, 0.29) is 11.2 Å². The summed E-state index contributed by atoms with van der Waals surface area (Å²) >= 11 is 0. The second-order valence-electron chi connectivity index (χ2n) is 5.14. The van der Waals surface area contributed by atoms with Gasteiger partial charge < -0.3 is 15.8 Å². The van der Waals surface area contributed by atoms with Crippen molar-refractivity contribution in [2.45, 2.75) is 30.9 Å². The lowest BCUT2D eigenvalue weighted by Crippen LogP contribution is -2.26. The van der Waals surface area contributed by atoms with Gasteiger partial charge in [0.25, 0.3) is 0 Å². The fourth-order valence-electron chi connectivity index (χ4n) is 2.30. The van der Waals surface area contributed by atoms with E-state index in [1.165, 1.54) is 0 Å². The minimum atomic E-state index is -0.858. The standard InChI is InChI=1S/C15H22N2O3S/c16-13-4-1-2-5-14(13)17-15(18)6-3-11-21(19)12-7-9-20-10-8-12/h1-2,4-5,12H,3,6-11,16H2,(H,17,18). The minimum Gasteiger partial charge on any atom is -0.397 e. The molecular formula is C15H22N2O3S. The molecule has 6 heteroatoms. The number of hydrogen-bond donors (Lipinski definition) is 2. The zero-order chi connectivity index (χ0) is 15.1. The number of amides is 1. The molecule has 1 aromatic rings. The molecule has 1 aromatic carbocycles. The average Bonchev–Trinajstić information content (AvgIpc) is 2.50. The summed E-state index contributed by atoms with van der Waals surface area (Å²) in [6.45, 7) is 1.40. The highest BCUT2D eigenvalue weighted by Crippen LogP contribution is 2.17. The molecule has 1 atom stereocenters. The zero-order valence-corrected chi connectivity index (χ0v) is 12.9. The maximum absolute atomic E-state index is 12.1. The van der Waals surface area contributed by atoms with Gasteiger partial charge in [-0.05, 0) is 31.4 Å². The van der Waals surface area contributed by atoms with Crippen molar-refractivity contribution in [2.75, 3.05) is 30.0 Å². The van der Waals surface area contributed by atoms with Crippen LogP contribution in [0.25, 0.3) is 0 Å². The van der Waals surface area contributed by atoms with E-state index in [1.807, 2.05) is 12.1 Å². The first-order chi connectivity index (χ1) is 10.2. The Morgan fingerprint density at radius 3 is 2.76 bits per heavy atom. The molecule has 1 heterocycles. The molecule has 0 bridgehead atoms. The smallest absolute Gasteiger partial charge is 0.224 e. The molecule has 1 aliphatic heterocycles. The van der Waals surface area contributed by atoms with E-state index >= 15 is 0 Å².